The van der Waals surface area contributed by atoms with Crippen molar-refractivity contribution in [2.45, 2.75) is 39.5 Å². The van der Waals surface area contributed by atoms with Gasteiger partial charge in [0.15, 0.2) is 0 Å². The Hall–Kier alpha value is -0.640. The number of aryl methyl sites for hydroxylation is 1. The molecule has 0 aromatic carbocycles. The van der Waals surface area contributed by atoms with E-state index >= 15 is 0 Å². The van der Waals surface area contributed by atoms with Crippen LogP contribution in [0.25, 0.3) is 0 Å². The first-order chi connectivity index (χ1) is 6.60. The number of hydrogen-bond donors (Lipinski definition) is 1. The van der Waals surface area contributed by atoms with Crippen LogP contribution in [-0.2, 0) is 0 Å². The lowest BCUT2D eigenvalue weighted by Crippen LogP contribution is -2.07. The highest BCUT2D eigenvalue weighted by Crippen LogP contribution is 2.25. The normalized spacial score (nSPS) is 10.9. The smallest absolute Gasteiger partial charge is 0.141 e. The van der Waals surface area contributed by atoms with Crippen LogP contribution in [0.2, 0.25) is 0 Å². The van der Waals surface area contributed by atoms with Crippen LogP contribution in [0, 0.1) is 6.92 Å². The minimum absolute atomic E-state index is 0.420. The van der Waals surface area contributed by atoms with Crippen LogP contribution in [0.5, 0.6) is 0 Å². The van der Waals surface area contributed by atoms with Gasteiger partial charge in [-0.3, -0.25) is 0 Å². The molecular weight excluding hydrogens is 242 g/mol. The number of halogens is 1. The molecule has 0 amide bonds. The van der Waals surface area contributed by atoms with E-state index in [9.17, 15) is 0 Å². The fourth-order valence-electron chi connectivity index (χ4n) is 1.44. The average Bonchev–Trinajstić information content (AvgIpc) is 2.16. The lowest BCUT2D eigenvalue weighted by molar-refractivity contribution is 0.600. The second-order valence-corrected chi connectivity index (χ2v) is 4.17. The number of nitrogens with zero attached hydrogens (tertiary/aromatic N) is 2. The summed E-state index contributed by atoms with van der Waals surface area (Å²) >= 11 is 3.36. The second-order valence-electron chi connectivity index (χ2n) is 3.38. The van der Waals surface area contributed by atoms with Crippen molar-refractivity contribution in [2.24, 2.45) is 0 Å². The minimum atomic E-state index is 0.420. The van der Waals surface area contributed by atoms with Crippen LogP contribution < -0.4 is 5.73 Å². The molecule has 0 fully saturated rings. The molecule has 0 radical (unpaired) electrons. The number of rotatable bonds is 3. The molecule has 1 aromatic rings. The van der Waals surface area contributed by atoms with Crippen molar-refractivity contribution in [1.82, 2.24) is 9.97 Å². The molecule has 1 heterocycles. The molecule has 14 heavy (non-hydrogen) atoms. The summed E-state index contributed by atoms with van der Waals surface area (Å²) in [4.78, 5) is 8.73. The van der Waals surface area contributed by atoms with Gasteiger partial charge in [-0.1, -0.05) is 13.8 Å². The molecule has 0 unspecified atom stereocenters. The molecule has 2 N–H and O–H groups in total. The molecule has 0 saturated heterocycles. The van der Waals surface area contributed by atoms with E-state index in [-0.39, 0.29) is 0 Å². The monoisotopic (exact) mass is 257 g/mol. The highest BCUT2D eigenvalue weighted by atomic mass is 79.9. The highest BCUT2D eigenvalue weighted by molar-refractivity contribution is 9.10. The van der Waals surface area contributed by atoms with Gasteiger partial charge in [0.25, 0.3) is 0 Å². The zero-order chi connectivity index (χ0) is 10.7. The third-order valence-electron chi connectivity index (χ3n) is 2.41. The maximum atomic E-state index is 5.77. The Morgan fingerprint density at radius 1 is 1.29 bits per heavy atom. The quantitative estimate of drug-likeness (QED) is 0.906. The van der Waals surface area contributed by atoms with E-state index in [0.29, 0.717) is 11.7 Å². The molecule has 78 valence electrons. The number of nitrogens with two attached hydrogens (primary N) is 1. The van der Waals surface area contributed by atoms with E-state index in [0.717, 1.165) is 28.8 Å². The first kappa shape index (κ1) is 11.4. The Labute approximate surface area is 93.3 Å². The largest absolute Gasteiger partial charge is 0.383 e. The van der Waals surface area contributed by atoms with E-state index in [4.69, 9.17) is 5.73 Å². The van der Waals surface area contributed by atoms with E-state index in [2.05, 4.69) is 39.7 Å². The molecule has 0 aliphatic carbocycles. The van der Waals surface area contributed by atoms with Crippen molar-refractivity contribution in [3.8, 4) is 0 Å². The zero-order valence-corrected chi connectivity index (χ0v) is 10.4. The van der Waals surface area contributed by atoms with Gasteiger partial charge in [0, 0.05) is 5.92 Å². The van der Waals surface area contributed by atoms with Crippen molar-refractivity contribution >= 4 is 21.7 Å². The summed E-state index contributed by atoms with van der Waals surface area (Å²) in [5.74, 6) is 1.83. The summed E-state index contributed by atoms with van der Waals surface area (Å²) in [5, 5.41) is 0. The maximum absolute atomic E-state index is 5.77. The van der Waals surface area contributed by atoms with Crippen molar-refractivity contribution in [3.63, 3.8) is 0 Å². The summed E-state index contributed by atoms with van der Waals surface area (Å²) in [6.07, 6.45) is 2.11. The summed E-state index contributed by atoms with van der Waals surface area (Å²) in [6, 6.07) is 0. The molecule has 0 aliphatic heterocycles. The molecular formula is C10H16BrN3. The predicted octanol–water partition coefficient (Wildman–Crippen LogP) is 3.03. The van der Waals surface area contributed by atoms with E-state index in [1.807, 2.05) is 6.92 Å². The van der Waals surface area contributed by atoms with Gasteiger partial charge >= 0.3 is 0 Å². The lowest BCUT2D eigenvalue weighted by atomic mass is 10.0. The number of anilines is 1. The van der Waals surface area contributed by atoms with Gasteiger partial charge in [0.05, 0.1) is 10.2 Å². The van der Waals surface area contributed by atoms with Crippen LogP contribution in [0.1, 0.15) is 44.1 Å². The standard InChI is InChI=1S/C10H16BrN3/c1-4-7(5-2)10-13-6(3)8(11)9(12)14-10/h7H,4-5H2,1-3H3,(H2,12,13,14). The second kappa shape index (κ2) is 4.73. The van der Waals surface area contributed by atoms with Gasteiger partial charge in [-0.25, -0.2) is 9.97 Å². The highest BCUT2D eigenvalue weighted by Gasteiger charge is 2.13. The van der Waals surface area contributed by atoms with Gasteiger partial charge < -0.3 is 5.73 Å². The van der Waals surface area contributed by atoms with Crippen molar-refractivity contribution in [1.29, 1.82) is 0 Å². The molecule has 0 atom stereocenters. The van der Waals surface area contributed by atoms with Gasteiger partial charge in [-0.15, -0.1) is 0 Å². The summed E-state index contributed by atoms with van der Waals surface area (Å²) in [6.45, 7) is 6.23. The Bertz CT molecular complexity index is 298. The van der Waals surface area contributed by atoms with Gasteiger partial charge in [-0.05, 0) is 35.7 Å². The summed E-state index contributed by atoms with van der Waals surface area (Å²) in [5.41, 5.74) is 6.69. The van der Waals surface area contributed by atoms with Crippen LogP contribution in [0.4, 0.5) is 5.82 Å². The van der Waals surface area contributed by atoms with Crippen molar-refractivity contribution in [3.05, 3.63) is 16.0 Å². The molecule has 0 spiro atoms. The topological polar surface area (TPSA) is 51.8 Å². The average molecular weight is 258 g/mol. The molecule has 0 saturated carbocycles. The third-order valence-corrected chi connectivity index (χ3v) is 3.39. The minimum Gasteiger partial charge on any atom is -0.383 e. The van der Waals surface area contributed by atoms with Gasteiger partial charge in [-0.2, -0.15) is 0 Å². The number of hydrogen-bond acceptors (Lipinski definition) is 3. The van der Waals surface area contributed by atoms with Crippen molar-refractivity contribution < 1.29 is 0 Å². The van der Waals surface area contributed by atoms with E-state index in [1.54, 1.807) is 0 Å². The van der Waals surface area contributed by atoms with Crippen LogP contribution in [0.15, 0.2) is 4.47 Å². The molecule has 1 rings (SSSR count). The fourth-order valence-corrected chi connectivity index (χ4v) is 1.62. The molecule has 4 heteroatoms. The SMILES string of the molecule is CCC(CC)c1nc(C)c(Br)c(N)n1. The Morgan fingerprint density at radius 3 is 2.29 bits per heavy atom. The summed E-state index contributed by atoms with van der Waals surface area (Å²) < 4.78 is 0.812. The molecule has 0 bridgehead atoms. The predicted molar refractivity (Wildman–Crippen MR) is 62.2 cm³/mol. The lowest BCUT2D eigenvalue weighted by Gasteiger charge is -2.12. The zero-order valence-electron chi connectivity index (χ0n) is 8.84. The Morgan fingerprint density at radius 2 is 1.86 bits per heavy atom. The van der Waals surface area contributed by atoms with Gasteiger partial charge in [0.2, 0.25) is 0 Å². The number of nitrogen functional groups attached to an aromatic ring is 1. The Balaban J connectivity index is 3.11. The number of aromatic nitrogens is 2. The van der Waals surface area contributed by atoms with Crippen molar-refractivity contribution in [2.75, 3.05) is 5.73 Å². The fraction of sp³-hybridized carbons (Fsp3) is 0.600. The maximum Gasteiger partial charge on any atom is 0.141 e. The van der Waals surface area contributed by atoms with Crippen LogP contribution >= 0.6 is 15.9 Å². The molecule has 3 nitrogen and oxygen atoms in total. The van der Waals surface area contributed by atoms with Gasteiger partial charge in [0.1, 0.15) is 11.6 Å². The first-order valence-electron chi connectivity index (χ1n) is 4.89. The first-order valence-corrected chi connectivity index (χ1v) is 5.68. The van der Waals surface area contributed by atoms with Crippen LogP contribution in [0.3, 0.4) is 0 Å². The molecule has 0 aliphatic rings. The van der Waals surface area contributed by atoms with Crippen LogP contribution in [-0.4, -0.2) is 9.97 Å². The third kappa shape index (κ3) is 2.23. The van der Waals surface area contributed by atoms with E-state index < -0.39 is 0 Å². The van der Waals surface area contributed by atoms with E-state index in [1.165, 1.54) is 0 Å². The Kier molecular flexibility index (Phi) is 3.86. The molecule has 1 aromatic heterocycles. The summed E-state index contributed by atoms with van der Waals surface area (Å²) in [7, 11) is 0.